The van der Waals surface area contributed by atoms with Crippen LogP contribution in [0.15, 0.2) is 41.3 Å². The molecule has 0 amide bonds. The summed E-state index contributed by atoms with van der Waals surface area (Å²) in [6.07, 6.45) is 1.13. The van der Waals surface area contributed by atoms with Crippen LogP contribution in [0, 0.1) is 23.4 Å². The minimum atomic E-state index is -1.43. The Kier molecular flexibility index (Phi) is 8.42. The maximum Gasteiger partial charge on any atom is 0.341 e. The molecule has 0 saturated heterocycles. The fraction of sp³-hybridized carbons (Fsp3) is 0.304. The van der Waals surface area contributed by atoms with Crippen LogP contribution in [0.4, 0.5) is 13.2 Å². The molecule has 2 N–H and O–H groups in total. The van der Waals surface area contributed by atoms with E-state index in [9.17, 15) is 27.9 Å². The smallest absolute Gasteiger partial charge is 0.341 e. The van der Waals surface area contributed by atoms with E-state index < -0.39 is 46.6 Å². The first-order valence-electron chi connectivity index (χ1n) is 9.82. The lowest BCUT2D eigenvalue weighted by Gasteiger charge is -2.13. The van der Waals surface area contributed by atoms with Gasteiger partial charge in [-0.15, -0.1) is 0 Å². The number of aliphatic hydroxyl groups excluding tert-OH is 1. The molecule has 6 nitrogen and oxygen atoms in total. The number of nitrogens with zero attached hydrogens (tertiary/aromatic N) is 1. The van der Waals surface area contributed by atoms with Crippen molar-refractivity contribution >= 4 is 16.9 Å². The maximum atomic E-state index is 13.7. The summed E-state index contributed by atoms with van der Waals surface area (Å²) in [6.45, 7) is 5.72. The van der Waals surface area contributed by atoms with Gasteiger partial charge < -0.3 is 19.5 Å². The van der Waals surface area contributed by atoms with Gasteiger partial charge in [0.1, 0.15) is 35.4 Å². The Morgan fingerprint density at radius 3 is 2.22 bits per heavy atom. The zero-order chi connectivity index (χ0) is 24.0. The summed E-state index contributed by atoms with van der Waals surface area (Å²) in [5.74, 6) is -3.82. The summed E-state index contributed by atoms with van der Waals surface area (Å²) >= 11 is 0. The molecule has 172 valence electrons. The van der Waals surface area contributed by atoms with Gasteiger partial charge in [-0.25, -0.2) is 18.0 Å². The van der Waals surface area contributed by atoms with Crippen LogP contribution in [0.2, 0.25) is 0 Å². The van der Waals surface area contributed by atoms with Gasteiger partial charge in [0.25, 0.3) is 0 Å². The summed E-state index contributed by atoms with van der Waals surface area (Å²) in [7, 11) is 0. The molecule has 0 aliphatic rings. The van der Waals surface area contributed by atoms with Crippen LogP contribution in [0.5, 0.6) is 5.75 Å². The van der Waals surface area contributed by atoms with Gasteiger partial charge in [-0.3, -0.25) is 4.79 Å². The predicted molar refractivity (Wildman–Crippen MR) is 113 cm³/mol. The van der Waals surface area contributed by atoms with Crippen LogP contribution in [0.3, 0.4) is 0 Å². The van der Waals surface area contributed by atoms with Crippen molar-refractivity contribution in [2.45, 2.75) is 33.9 Å². The van der Waals surface area contributed by atoms with E-state index in [0.717, 1.165) is 12.1 Å². The third-order valence-electron chi connectivity index (χ3n) is 4.11. The first kappa shape index (κ1) is 24.9. The average molecular weight is 451 g/mol. The lowest BCUT2D eigenvalue weighted by Crippen LogP contribution is -2.19. The fourth-order valence-electron chi connectivity index (χ4n) is 2.78. The number of fused-ring (bicyclic) bond motifs is 1. The average Bonchev–Trinajstić information content (AvgIpc) is 2.68. The molecule has 9 heteroatoms. The van der Waals surface area contributed by atoms with E-state index >= 15 is 0 Å². The Balaban J connectivity index is 0.000000837. The van der Waals surface area contributed by atoms with Crippen LogP contribution in [0.25, 0.3) is 10.9 Å². The molecule has 1 aromatic heterocycles. The van der Waals surface area contributed by atoms with Gasteiger partial charge in [-0.05, 0) is 24.1 Å². The highest BCUT2D eigenvalue weighted by Gasteiger charge is 2.16. The first-order valence-corrected chi connectivity index (χ1v) is 9.82. The minimum absolute atomic E-state index is 0.00546. The highest BCUT2D eigenvalue weighted by molar-refractivity contribution is 5.92. The molecule has 0 radical (unpaired) electrons. The van der Waals surface area contributed by atoms with Crippen molar-refractivity contribution in [1.29, 1.82) is 0 Å². The van der Waals surface area contributed by atoms with E-state index in [0.29, 0.717) is 17.6 Å². The van der Waals surface area contributed by atoms with Crippen molar-refractivity contribution in [2.24, 2.45) is 5.92 Å². The Bertz CT molecular complexity index is 1150. The summed E-state index contributed by atoms with van der Waals surface area (Å²) in [6, 6.07) is 5.18. The van der Waals surface area contributed by atoms with E-state index in [1.165, 1.54) is 22.8 Å². The molecule has 0 bridgehead atoms. The van der Waals surface area contributed by atoms with Gasteiger partial charge in [0.15, 0.2) is 0 Å². The quantitative estimate of drug-likeness (QED) is 0.582. The summed E-state index contributed by atoms with van der Waals surface area (Å²) in [4.78, 5) is 23.7. The number of rotatable bonds is 6. The first-order chi connectivity index (χ1) is 15.0. The van der Waals surface area contributed by atoms with Crippen LogP contribution in [-0.4, -0.2) is 27.4 Å². The van der Waals surface area contributed by atoms with Gasteiger partial charge in [0.2, 0.25) is 5.43 Å². The predicted octanol–water partition coefficient (Wildman–Crippen LogP) is 4.35. The number of pyridine rings is 1. The molecular weight excluding hydrogens is 427 g/mol. The molecular formula is C23H24F3NO5. The third-order valence-corrected chi connectivity index (χ3v) is 4.11. The van der Waals surface area contributed by atoms with E-state index in [1.54, 1.807) is 0 Å². The highest BCUT2D eigenvalue weighted by Crippen LogP contribution is 2.22. The Hall–Kier alpha value is -3.33. The summed E-state index contributed by atoms with van der Waals surface area (Å²) in [5, 5.41) is 18.4. The second kappa shape index (κ2) is 10.8. The second-order valence-electron chi connectivity index (χ2n) is 7.64. The number of benzene rings is 2. The van der Waals surface area contributed by atoms with Crippen molar-refractivity contribution in [3.05, 3.63) is 75.3 Å². The molecule has 0 aliphatic carbocycles. The molecule has 1 heterocycles. The molecule has 3 rings (SSSR count). The molecule has 0 fully saturated rings. The topological polar surface area (TPSA) is 88.8 Å². The van der Waals surface area contributed by atoms with Gasteiger partial charge in [-0.1, -0.05) is 20.8 Å². The second-order valence-corrected chi connectivity index (χ2v) is 7.64. The van der Waals surface area contributed by atoms with Crippen molar-refractivity contribution in [2.75, 3.05) is 6.61 Å². The number of hydrogen-bond acceptors (Lipinski definition) is 4. The van der Waals surface area contributed by atoms with Gasteiger partial charge >= 0.3 is 5.97 Å². The standard InChI is InChI=1S/C19H14F3NO5.C4H10/c20-10-5-15(21)14(16(22)6-10)9-28-11-1-2-17-12(7-11)18(25)13(19(26)27)8-23(17)3-4-24;1-4(2)3/h1-2,5-8,24H,3-4,9H2,(H,26,27);4H,1-3H3. The molecule has 0 unspecified atom stereocenters. The van der Waals surface area contributed by atoms with Crippen molar-refractivity contribution in [3.63, 3.8) is 0 Å². The number of ether oxygens (including phenoxy) is 1. The molecule has 0 aliphatic heterocycles. The number of hydrogen-bond donors (Lipinski definition) is 2. The summed E-state index contributed by atoms with van der Waals surface area (Å²) < 4.78 is 47.1. The van der Waals surface area contributed by atoms with E-state index in [1.807, 2.05) is 0 Å². The van der Waals surface area contributed by atoms with Gasteiger partial charge in [0, 0.05) is 24.9 Å². The normalized spacial score (nSPS) is 10.8. The number of carboxylic acid groups (broad SMARTS) is 1. The number of carbonyl (C=O) groups is 1. The maximum absolute atomic E-state index is 13.7. The Morgan fingerprint density at radius 1 is 1.09 bits per heavy atom. The Labute approximate surface area is 182 Å². The third kappa shape index (κ3) is 6.10. The van der Waals surface area contributed by atoms with Gasteiger partial charge in [-0.2, -0.15) is 0 Å². The van der Waals surface area contributed by atoms with Gasteiger partial charge in [0.05, 0.1) is 23.1 Å². The zero-order valence-corrected chi connectivity index (χ0v) is 17.9. The number of aromatic carboxylic acids is 1. The van der Waals surface area contributed by atoms with Crippen LogP contribution in [-0.2, 0) is 13.2 Å². The van der Waals surface area contributed by atoms with Crippen molar-refractivity contribution < 1.29 is 32.9 Å². The largest absolute Gasteiger partial charge is 0.489 e. The fourth-order valence-corrected chi connectivity index (χ4v) is 2.78. The molecule has 32 heavy (non-hydrogen) atoms. The van der Waals surface area contributed by atoms with Crippen LogP contribution < -0.4 is 10.2 Å². The molecule has 0 saturated carbocycles. The number of halogens is 3. The SMILES string of the molecule is CC(C)C.O=C(O)c1cn(CCO)c2ccc(OCc3c(F)cc(F)cc3F)cc2c1=O. The molecule has 2 aromatic carbocycles. The Morgan fingerprint density at radius 2 is 1.69 bits per heavy atom. The highest BCUT2D eigenvalue weighted by atomic mass is 19.1. The monoisotopic (exact) mass is 451 g/mol. The van der Waals surface area contributed by atoms with Crippen molar-refractivity contribution in [1.82, 2.24) is 4.57 Å². The zero-order valence-electron chi connectivity index (χ0n) is 17.9. The van der Waals surface area contributed by atoms with E-state index in [-0.39, 0.29) is 24.3 Å². The van der Waals surface area contributed by atoms with E-state index in [2.05, 4.69) is 20.8 Å². The lowest BCUT2D eigenvalue weighted by molar-refractivity contribution is 0.0694. The number of aliphatic hydroxyl groups is 1. The lowest BCUT2D eigenvalue weighted by atomic mass is 10.1. The molecule has 0 atom stereocenters. The summed E-state index contributed by atoms with van der Waals surface area (Å²) in [5.41, 5.74) is -1.39. The molecule has 3 aromatic rings. The van der Waals surface area contributed by atoms with E-state index in [4.69, 9.17) is 9.84 Å². The number of carboxylic acids is 1. The molecule has 0 spiro atoms. The van der Waals surface area contributed by atoms with Crippen LogP contribution in [0.1, 0.15) is 36.7 Å². The number of aromatic nitrogens is 1. The van der Waals surface area contributed by atoms with Crippen molar-refractivity contribution in [3.8, 4) is 5.75 Å². The minimum Gasteiger partial charge on any atom is -0.489 e. The van der Waals surface area contributed by atoms with Crippen LogP contribution >= 0.6 is 0 Å².